The van der Waals surface area contributed by atoms with Crippen LogP contribution in [0, 0.1) is 22.9 Å². The first-order valence-electron chi connectivity index (χ1n) is 6.86. The zero-order valence-electron chi connectivity index (χ0n) is 12.0. The summed E-state index contributed by atoms with van der Waals surface area (Å²) in [7, 11) is 0. The SMILES string of the molecule is Cc1ccc(-c2[nH]c(-c3ccccc3)nc(=S)c2C#N)cc1. The van der Waals surface area contributed by atoms with E-state index in [2.05, 4.69) is 16.0 Å². The minimum atomic E-state index is 0.315. The molecule has 1 N–H and O–H groups in total. The summed E-state index contributed by atoms with van der Waals surface area (Å²) >= 11 is 5.30. The number of nitriles is 1. The fourth-order valence-corrected chi connectivity index (χ4v) is 2.49. The van der Waals surface area contributed by atoms with E-state index in [9.17, 15) is 5.26 Å². The summed E-state index contributed by atoms with van der Waals surface area (Å²) in [6.45, 7) is 2.03. The molecule has 0 fully saturated rings. The second-order valence-electron chi connectivity index (χ2n) is 4.98. The van der Waals surface area contributed by atoms with Gasteiger partial charge in [0, 0.05) is 5.56 Å². The first-order chi connectivity index (χ1) is 10.7. The molecule has 0 aliphatic heterocycles. The van der Waals surface area contributed by atoms with E-state index in [1.165, 1.54) is 0 Å². The monoisotopic (exact) mass is 303 g/mol. The summed E-state index contributed by atoms with van der Waals surface area (Å²) < 4.78 is 0.315. The van der Waals surface area contributed by atoms with Crippen molar-refractivity contribution in [1.82, 2.24) is 9.97 Å². The summed E-state index contributed by atoms with van der Waals surface area (Å²) in [4.78, 5) is 7.61. The number of H-pyrrole nitrogens is 1. The molecule has 0 amide bonds. The van der Waals surface area contributed by atoms with Crippen LogP contribution in [0.25, 0.3) is 22.6 Å². The number of hydrogen-bond acceptors (Lipinski definition) is 3. The third-order valence-electron chi connectivity index (χ3n) is 3.42. The smallest absolute Gasteiger partial charge is 0.148 e. The predicted molar refractivity (Wildman–Crippen MR) is 89.7 cm³/mol. The molecule has 0 aliphatic carbocycles. The lowest BCUT2D eigenvalue weighted by atomic mass is 10.1. The van der Waals surface area contributed by atoms with Gasteiger partial charge in [0.05, 0.1) is 5.69 Å². The van der Waals surface area contributed by atoms with E-state index in [4.69, 9.17) is 12.2 Å². The van der Waals surface area contributed by atoms with Crippen LogP contribution < -0.4 is 0 Å². The van der Waals surface area contributed by atoms with Gasteiger partial charge in [0.2, 0.25) is 0 Å². The van der Waals surface area contributed by atoms with Gasteiger partial charge in [-0.05, 0) is 12.5 Å². The summed E-state index contributed by atoms with van der Waals surface area (Å²) in [5.41, 5.74) is 4.14. The first-order valence-corrected chi connectivity index (χ1v) is 7.27. The molecule has 0 unspecified atom stereocenters. The van der Waals surface area contributed by atoms with Gasteiger partial charge in [-0.15, -0.1) is 0 Å². The number of benzene rings is 2. The topological polar surface area (TPSA) is 52.5 Å². The second-order valence-corrected chi connectivity index (χ2v) is 5.37. The predicted octanol–water partition coefficient (Wildman–Crippen LogP) is 4.65. The summed E-state index contributed by atoms with van der Waals surface area (Å²) in [6.07, 6.45) is 0. The lowest BCUT2D eigenvalue weighted by Gasteiger charge is -2.09. The number of aromatic amines is 1. The normalized spacial score (nSPS) is 10.2. The van der Waals surface area contributed by atoms with Crippen molar-refractivity contribution in [2.75, 3.05) is 0 Å². The van der Waals surface area contributed by atoms with Crippen molar-refractivity contribution >= 4 is 12.2 Å². The molecule has 0 bridgehead atoms. The fraction of sp³-hybridized carbons (Fsp3) is 0.0556. The molecule has 0 saturated heterocycles. The summed E-state index contributed by atoms with van der Waals surface area (Å²) in [6, 6.07) is 19.9. The highest BCUT2D eigenvalue weighted by Gasteiger charge is 2.11. The van der Waals surface area contributed by atoms with Crippen LogP contribution in [0.5, 0.6) is 0 Å². The molecule has 1 heterocycles. The number of rotatable bonds is 2. The molecule has 0 saturated carbocycles. The highest BCUT2D eigenvalue weighted by Crippen LogP contribution is 2.25. The maximum atomic E-state index is 9.40. The lowest BCUT2D eigenvalue weighted by Crippen LogP contribution is -1.98. The van der Waals surface area contributed by atoms with Crippen LogP contribution in [0.4, 0.5) is 0 Å². The van der Waals surface area contributed by atoms with E-state index in [0.29, 0.717) is 21.7 Å². The maximum absolute atomic E-state index is 9.40. The number of hydrogen-bond donors (Lipinski definition) is 1. The Morgan fingerprint density at radius 3 is 2.32 bits per heavy atom. The molecule has 1 aromatic heterocycles. The summed E-state index contributed by atoms with van der Waals surface area (Å²) in [5, 5.41) is 9.40. The Balaban J connectivity index is 2.24. The Labute approximate surface area is 133 Å². The van der Waals surface area contributed by atoms with Crippen molar-refractivity contribution in [3.05, 3.63) is 70.4 Å². The Morgan fingerprint density at radius 1 is 1.00 bits per heavy atom. The minimum Gasteiger partial charge on any atom is -0.338 e. The van der Waals surface area contributed by atoms with E-state index in [0.717, 1.165) is 16.7 Å². The second kappa shape index (κ2) is 5.92. The van der Waals surface area contributed by atoms with Crippen molar-refractivity contribution in [2.24, 2.45) is 0 Å². The van der Waals surface area contributed by atoms with E-state index in [-0.39, 0.29) is 0 Å². The Hall–Kier alpha value is -2.77. The summed E-state index contributed by atoms with van der Waals surface area (Å²) in [5.74, 6) is 0.667. The third-order valence-corrected chi connectivity index (χ3v) is 3.72. The zero-order chi connectivity index (χ0) is 15.5. The van der Waals surface area contributed by atoms with Crippen LogP contribution in [0.1, 0.15) is 11.1 Å². The molecule has 0 atom stereocenters. The van der Waals surface area contributed by atoms with Gasteiger partial charge in [0.15, 0.2) is 0 Å². The first kappa shape index (κ1) is 14.2. The lowest BCUT2D eigenvalue weighted by molar-refractivity contribution is 1.15. The van der Waals surface area contributed by atoms with Crippen LogP contribution >= 0.6 is 12.2 Å². The average Bonchev–Trinajstić information content (AvgIpc) is 2.55. The van der Waals surface area contributed by atoms with Gasteiger partial charge in [-0.2, -0.15) is 5.26 Å². The zero-order valence-corrected chi connectivity index (χ0v) is 12.8. The van der Waals surface area contributed by atoms with E-state index in [1.54, 1.807) is 0 Å². The van der Waals surface area contributed by atoms with Gasteiger partial charge in [0.25, 0.3) is 0 Å². The van der Waals surface area contributed by atoms with E-state index in [1.807, 2.05) is 61.5 Å². The molecule has 3 aromatic rings. The van der Waals surface area contributed by atoms with Gasteiger partial charge in [-0.25, -0.2) is 4.98 Å². The van der Waals surface area contributed by atoms with Gasteiger partial charge < -0.3 is 4.98 Å². The molecule has 0 aliphatic rings. The largest absolute Gasteiger partial charge is 0.338 e. The van der Waals surface area contributed by atoms with Gasteiger partial charge >= 0.3 is 0 Å². The van der Waals surface area contributed by atoms with Gasteiger partial charge in [-0.1, -0.05) is 72.4 Å². The standard InChI is InChI=1S/C18H13N3S/c1-12-7-9-13(10-8-12)16-15(11-19)18(22)21-17(20-16)14-5-3-2-4-6-14/h2-10H,1H3,(H,20,21,22). The number of nitrogens with zero attached hydrogens (tertiary/aromatic N) is 2. The molecule has 0 spiro atoms. The molecule has 106 valence electrons. The molecule has 22 heavy (non-hydrogen) atoms. The van der Waals surface area contributed by atoms with Gasteiger partial charge in [-0.3, -0.25) is 0 Å². The van der Waals surface area contributed by atoms with Crippen LogP contribution in [-0.4, -0.2) is 9.97 Å². The van der Waals surface area contributed by atoms with Gasteiger partial charge in [0.1, 0.15) is 22.1 Å². The highest BCUT2D eigenvalue weighted by atomic mass is 32.1. The quantitative estimate of drug-likeness (QED) is 0.701. The average molecular weight is 303 g/mol. The van der Waals surface area contributed by atoms with Crippen molar-refractivity contribution in [1.29, 1.82) is 5.26 Å². The van der Waals surface area contributed by atoms with Crippen LogP contribution in [0.3, 0.4) is 0 Å². The maximum Gasteiger partial charge on any atom is 0.148 e. The third kappa shape index (κ3) is 2.67. The molecule has 3 nitrogen and oxygen atoms in total. The van der Waals surface area contributed by atoms with Crippen molar-refractivity contribution in [3.63, 3.8) is 0 Å². The Bertz CT molecular complexity index is 904. The van der Waals surface area contributed by atoms with Crippen molar-refractivity contribution < 1.29 is 0 Å². The minimum absolute atomic E-state index is 0.315. The Kier molecular flexibility index (Phi) is 3.82. The number of nitrogens with one attached hydrogen (secondary N) is 1. The molecule has 0 radical (unpaired) electrons. The van der Waals surface area contributed by atoms with E-state index >= 15 is 0 Å². The fourth-order valence-electron chi connectivity index (χ4n) is 2.25. The molecular formula is C18H13N3S. The Morgan fingerprint density at radius 2 is 1.68 bits per heavy atom. The van der Waals surface area contributed by atoms with Crippen molar-refractivity contribution in [3.8, 4) is 28.7 Å². The van der Waals surface area contributed by atoms with E-state index < -0.39 is 0 Å². The van der Waals surface area contributed by atoms with Crippen LogP contribution in [0.2, 0.25) is 0 Å². The molecule has 2 aromatic carbocycles. The molecule has 3 rings (SSSR count). The van der Waals surface area contributed by atoms with Crippen LogP contribution in [-0.2, 0) is 0 Å². The number of aromatic nitrogens is 2. The van der Waals surface area contributed by atoms with Crippen molar-refractivity contribution in [2.45, 2.75) is 6.92 Å². The highest BCUT2D eigenvalue weighted by molar-refractivity contribution is 7.71. The number of aryl methyl sites for hydroxylation is 1. The van der Waals surface area contributed by atoms with Crippen LogP contribution in [0.15, 0.2) is 54.6 Å². The molecular weight excluding hydrogens is 290 g/mol. The molecule has 4 heteroatoms.